The van der Waals surface area contributed by atoms with Gasteiger partial charge in [0.25, 0.3) is 0 Å². The van der Waals surface area contributed by atoms with E-state index in [2.05, 4.69) is 67.7 Å². The van der Waals surface area contributed by atoms with Crippen molar-refractivity contribution in [2.75, 3.05) is 18.1 Å². The number of nitrogens with zero attached hydrogens (tertiary/aromatic N) is 6. The average Bonchev–Trinajstić information content (AvgIpc) is 3.46. The fourth-order valence-electron chi connectivity index (χ4n) is 6.13. The number of anilines is 2. The normalized spacial score (nSPS) is 24.4. The van der Waals surface area contributed by atoms with E-state index in [4.69, 9.17) is 20.8 Å². The highest BCUT2D eigenvalue weighted by Gasteiger charge is 2.43. The zero-order valence-electron chi connectivity index (χ0n) is 22.4. The lowest BCUT2D eigenvalue weighted by Gasteiger charge is -2.53. The molecule has 5 rings (SSSR count). The second-order valence-corrected chi connectivity index (χ2v) is 11.9. The SMILES string of the molecule is CCc1nc2c(N)ncc(-c3cnn(C4CC(C)(C)N(C)C(C)(C)C4)c3)c2nc1N[C@@H]1CC[C@H](O)C1. The van der Waals surface area contributed by atoms with Crippen LogP contribution in [0.15, 0.2) is 18.6 Å². The van der Waals surface area contributed by atoms with Gasteiger partial charge in [-0.25, -0.2) is 15.0 Å². The number of pyridine rings is 1. The molecule has 2 fully saturated rings. The van der Waals surface area contributed by atoms with E-state index in [9.17, 15) is 5.11 Å². The minimum absolute atomic E-state index is 0.0738. The van der Waals surface area contributed by atoms with Gasteiger partial charge in [0.05, 0.1) is 24.0 Å². The van der Waals surface area contributed by atoms with E-state index in [1.54, 1.807) is 6.20 Å². The third-order valence-electron chi connectivity index (χ3n) is 8.45. The Labute approximate surface area is 213 Å². The Morgan fingerprint density at radius 2 is 1.81 bits per heavy atom. The minimum atomic E-state index is -0.253. The number of hydrogen-bond donors (Lipinski definition) is 3. The molecule has 0 unspecified atom stereocenters. The number of aliphatic hydroxyl groups is 1. The van der Waals surface area contributed by atoms with Gasteiger partial charge in [0, 0.05) is 40.6 Å². The zero-order valence-corrected chi connectivity index (χ0v) is 22.4. The van der Waals surface area contributed by atoms with Crippen molar-refractivity contribution >= 4 is 22.7 Å². The van der Waals surface area contributed by atoms with Crippen LogP contribution in [0.1, 0.15) is 78.5 Å². The van der Waals surface area contributed by atoms with Crippen LogP contribution in [0.2, 0.25) is 0 Å². The van der Waals surface area contributed by atoms with Gasteiger partial charge in [-0.05, 0) is 73.3 Å². The number of aromatic nitrogens is 5. The number of nitrogen functional groups attached to an aromatic ring is 1. The zero-order chi connectivity index (χ0) is 25.8. The fraction of sp³-hybridized carbons (Fsp3) is 0.630. The lowest BCUT2D eigenvalue weighted by Crippen LogP contribution is -2.58. The lowest BCUT2D eigenvalue weighted by molar-refractivity contribution is -0.0285. The molecule has 2 aliphatic rings. The van der Waals surface area contributed by atoms with E-state index in [1.807, 2.05) is 6.20 Å². The van der Waals surface area contributed by atoms with Gasteiger partial charge in [-0.2, -0.15) is 5.10 Å². The van der Waals surface area contributed by atoms with Crippen molar-refractivity contribution in [3.05, 3.63) is 24.3 Å². The first-order valence-electron chi connectivity index (χ1n) is 13.2. The second kappa shape index (κ2) is 8.95. The van der Waals surface area contributed by atoms with Crippen molar-refractivity contribution in [2.45, 2.75) is 102 Å². The van der Waals surface area contributed by atoms with Crippen LogP contribution >= 0.6 is 0 Å². The number of nitrogens with one attached hydrogen (secondary N) is 1. The number of likely N-dealkylation sites (tertiary alicyclic amines) is 1. The molecular formula is C27H40N8O. The first-order chi connectivity index (χ1) is 17.0. The number of nitrogens with two attached hydrogens (primary N) is 1. The summed E-state index contributed by atoms with van der Waals surface area (Å²) in [4.78, 5) is 16.8. The van der Waals surface area contributed by atoms with Crippen LogP contribution in [0.25, 0.3) is 22.2 Å². The van der Waals surface area contributed by atoms with E-state index in [-0.39, 0.29) is 23.2 Å². The van der Waals surface area contributed by atoms with Crippen molar-refractivity contribution in [1.82, 2.24) is 29.6 Å². The topological polar surface area (TPSA) is 118 Å². The molecule has 2 atom stereocenters. The second-order valence-electron chi connectivity index (χ2n) is 11.9. The number of hydrogen-bond acceptors (Lipinski definition) is 8. The van der Waals surface area contributed by atoms with E-state index in [1.165, 1.54) is 0 Å². The molecule has 0 radical (unpaired) electrons. The third-order valence-corrected chi connectivity index (χ3v) is 8.45. The highest BCUT2D eigenvalue weighted by molar-refractivity contribution is 5.96. The van der Waals surface area contributed by atoms with Gasteiger partial charge in [-0.3, -0.25) is 9.58 Å². The Kier molecular flexibility index (Phi) is 6.19. The van der Waals surface area contributed by atoms with Crippen LogP contribution in [-0.4, -0.2) is 65.0 Å². The fourth-order valence-corrected chi connectivity index (χ4v) is 6.13. The van der Waals surface area contributed by atoms with Crippen LogP contribution < -0.4 is 11.1 Å². The standard InChI is InChI=1S/C27H40N8O/c1-7-21-25(31-17-8-9-19(36)10-17)33-22-20(14-29-24(28)23(22)32-21)16-13-30-35(15-16)18-11-26(2,3)34(6)27(4,5)12-18/h13-15,17-19,36H,7-12H2,1-6H3,(H2,28,29)(H,31,33)/t17-,19+/m1/s1. The molecule has 0 amide bonds. The maximum Gasteiger partial charge on any atom is 0.151 e. The summed E-state index contributed by atoms with van der Waals surface area (Å²) < 4.78 is 2.11. The Morgan fingerprint density at radius 3 is 2.44 bits per heavy atom. The first kappa shape index (κ1) is 24.9. The molecule has 194 valence electrons. The molecule has 3 aromatic heterocycles. The van der Waals surface area contributed by atoms with Crippen LogP contribution in [0.4, 0.5) is 11.6 Å². The number of rotatable bonds is 5. The Bertz CT molecular complexity index is 1250. The molecule has 1 aliphatic carbocycles. The maximum absolute atomic E-state index is 9.98. The summed E-state index contributed by atoms with van der Waals surface area (Å²) in [6.07, 6.45) is 10.8. The lowest BCUT2D eigenvalue weighted by atomic mass is 9.77. The summed E-state index contributed by atoms with van der Waals surface area (Å²) in [5.74, 6) is 1.15. The highest BCUT2D eigenvalue weighted by Crippen LogP contribution is 2.42. The van der Waals surface area contributed by atoms with Crippen LogP contribution in [-0.2, 0) is 6.42 Å². The molecule has 0 aromatic carbocycles. The van der Waals surface area contributed by atoms with Gasteiger partial charge in [-0.15, -0.1) is 0 Å². The number of piperidine rings is 1. The summed E-state index contributed by atoms with van der Waals surface area (Å²) in [5, 5.41) is 18.3. The summed E-state index contributed by atoms with van der Waals surface area (Å²) in [7, 11) is 2.22. The maximum atomic E-state index is 9.98. The molecule has 9 nitrogen and oxygen atoms in total. The summed E-state index contributed by atoms with van der Waals surface area (Å²) >= 11 is 0. The Balaban J connectivity index is 1.52. The summed E-state index contributed by atoms with van der Waals surface area (Å²) in [6, 6.07) is 0.496. The van der Waals surface area contributed by atoms with E-state index >= 15 is 0 Å². The number of aryl methyl sites for hydroxylation is 1. The van der Waals surface area contributed by atoms with Crippen LogP contribution in [0, 0.1) is 0 Å². The van der Waals surface area contributed by atoms with E-state index in [0.29, 0.717) is 17.4 Å². The molecule has 1 aliphatic heterocycles. The van der Waals surface area contributed by atoms with Gasteiger partial charge in [-0.1, -0.05) is 6.92 Å². The average molecular weight is 493 g/mol. The van der Waals surface area contributed by atoms with Crippen molar-refractivity contribution in [3.63, 3.8) is 0 Å². The molecule has 1 saturated carbocycles. The predicted octanol–water partition coefficient (Wildman–Crippen LogP) is 4.18. The molecule has 4 N–H and O–H groups in total. The smallest absolute Gasteiger partial charge is 0.151 e. The van der Waals surface area contributed by atoms with Gasteiger partial charge in [0.15, 0.2) is 5.82 Å². The van der Waals surface area contributed by atoms with Crippen LogP contribution in [0.3, 0.4) is 0 Å². The largest absolute Gasteiger partial charge is 0.393 e. The van der Waals surface area contributed by atoms with Gasteiger partial charge < -0.3 is 16.2 Å². The number of aliphatic hydroxyl groups excluding tert-OH is 1. The Morgan fingerprint density at radius 1 is 1.08 bits per heavy atom. The molecule has 36 heavy (non-hydrogen) atoms. The molecular weight excluding hydrogens is 452 g/mol. The molecule has 0 spiro atoms. The van der Waals surface area contributed by atoms with Gasteiger partial charge in [0.1, 0.15) is 16.9 Å². The molecule has 0 bridgehead atoms. The van der Waals surface area contributed by atoms with Gasteiger partial charge >= 0.3 is 0 Å². The van der Waals surface area contributed by atoms with Gasteiger partial charge in [0.2, 0.25) is 0 Å². The summed E-state index contributed by atoms with van der Waals surface area (Å²) in [6.45, 7) is 11.3. The molecule has 9 heteroatoms. The van der Waals surface area contributed by atoms with Crippen LogP contribution in [0.5, 0.6) is 0 Å². The van der Waals surface area contributed by atoms with Crippen molar-refractivity contribution in [3.8, 4) is 11.1 Å². The van der Waals surface area contributed by atoms with Crippen molar-refractivity contribution in [1.29, 1.82) is 0 Å². The molecule has 3 aromatic rings. The molecule has 4 heterocycles. The van der Waals surface area contributed by atoms with E-state index in [0.717, 1.165) is 66.7 Å². The molecule has 1 saturated heterocycles. The quantitative estimate of drug-likeness (QED) is 0.485. The van der Waals surface area contributed by atoms with Crippen molar-refractivity contribution < 1.29 is 5.11 Å². The highest BCUT2D eigenvalue weighted by atomic mass is 16.3. The Hall–Kier alpha value is -2.78. The van der Waals surface area contributed by atoms with Crippen molar-refractivity contribution in [2.24, 2.45) is 0 Å². The summed E-state index contributed by atoms with van der Waals surface area (Å²) in [5.41, 5.74) is 10.5. The monoisotopic (exact) mass is 492 g/mol. The number of fused-ring (bicyclic) bond motifs is 1. The third kappa shape index (κ3) is 4.43. The predicted molar refractivity (Wildman–Crippen MR) is 144 cm³/mol. The minimum Gasteiger partial charge on any atom is -0.393 e. The van der Waals surface area contributed by atoms with E-state index < -0.39 is 0 Å². The first-order valence-corrected chi connectivity index (χ1v) is 13.2.